The molecule has 0 amide bonds. The fourth-order valence-corrected chi connectivity index (χ4v) is 3.53. The second-order valence-corrected chi connectivity index (χ2v) is 8.13. The number of likely N-dealkylation sites (N-methyl/N-ethyl adjacent to an activating group) is 1. The Bertz CT molecular complexity index is 809. The van der Waals surface area contributed by atoms with Crippen LogP contribution in [0.15, 0.2) is 30.3 Å². The van der Waals surface area contributed by atoms with E-state index in [9.17, 15) is 5.11 Å². The molecule has 1 aliphatic heterocycles. The van der Waals surface area contributed by atoms with Gasteiger partial charge in [0.2, 0.25) is 0 Å². The van der Waals surface area contributed by atoms with E-state index in [0.29, 0.717) is 30.1 Å². The van der Waals surface area contributed by atoms with Crippen LogP contribution in [0.1, 0.15) is 38.3 Å². The molecule has 0 bridgehead atoms. The summed E-state index contributed by atoms with van der Waals surface area (Å²) in [7, 11) is 3.91. The number of rotatable bonds is 9. The molecule has 1 saturated heterocycles. The summed E-state index contributed by atoms with van der Waals surface area (Å²) in [5.74, 6) is 2.62. The van der Waals surface area contributed by atoms with Crippen molar-refractivity contribution in [1.29, 1.82) is 0 Å². The minimum absolute atomic E-state index is 0.231. The summed E-state index contributed by atoms with van der Waals surface area (Å²) in [6.07, 6.45) is 1.45. The molecular formula is C23H34N4O3. The normalized spacial score (nSPS) is 15.9. The number of anilines is 1. The van der Waals surface area contributed by atoms with Gasteiger partial charge in [0, 0.05) is 50.2 Å². The fourth-order valence-electron chi connectivity index (χ4n) is 3.53. The maximum Gasteiger partial charge on any atom is 0.161 e. The molecule has 0 spiro atoms. The van der Waals surface area contributed by atoms with E-state index in [4.69, 9.17) is 19.4 Å². The molecule has 1 unspecified atom stereocenters. The summed E-state index contributed by atoms with van der Waals surface area (Å²) in [5, 5.41) is 12.8. The first-order chi connectivity index (χ1) is 14.5. The zero-order chi connectivity index (χ0) is 21.5. The molecule has 7 nitrogen and oxygen atoms in total. The van der Waals surface area contributed by atoms with E-state index < -0.39 is 6.10 Å². The topological polar surface area (TPSA) is 79.7 Å². The Hall–Kier alpha value is -2.22. The molecule has 1 aromatic carbocycles. The molecular weight excluding hydrogens is 380 g/mol. The lowest BCUT2D eigenvalue weighted by atomic mass is 10.1. The second-order valence-electron chi connectivity index (χ2n) is 8.13. The number of aliphatic hydroxyl groups excluding tert-OH is 1. The van der Waals surface area contributed by atoms with Crippen molar-refractivity contribution < 1.29 is 14.6 Å². The first-order valence-electron chi connectivity index (χ1n) is 10.7. The molecule has 0 aliphatic carbocycles. The number of benzene rings is 1. The highest BCUT2D eigenvalue weighted by molar-refractivity contribution is 5.60. The number of ether oxygens (including phenoxy) is 2. The summed E-state index contributed by atoms with van der Waals surface area (Å²) in [4.78, 5) is 12.0. The molecule has 2 heterocycles. The lowest BCUT2D eigenvalue weighted by Gasteiger charge is -2.32. The molecule has 1 aliphatic rings. The minimum atomic E-state index is -0.557. The van der Waals surface area contributed by atoms with Crippen LogP contribution in [0.3, 0.4) is 0 Å². The number of hydrogen-bond donors (Lipinski definition) is 2. The first kappa shape index (κ1) is 22.5. The number of aliphatic hydroxyl groups is 1. The largest absolute Gasteiger partial charge is 0.491 e. The molecule has 30 heavy (non-hydrogen) atoms. The van der Waals surface area contributed by atoms with Crippen LogP contribution in [0.25, 0.3) is 11.4 Å². The van der Waals surface area contributed by atoms with Gasteiger partial charge in [-0.15, -0.1) is 0 Å². The summed E-state index contributed by atoms with van der Waals surface area (Å²) in [6, 6.07) is 10.3. The third-order valence-corrected chi connectivity index (χ3v) is 5.40. The second kappa shape index (κ2) is 10.7. The molecule has 7 heteroatoms. The summed E-state index contributed by atoms with van der Waals surface area (Å²) in [6.45, 7) is 6.60. The predicted molar refractivity (Wildman–Crippen MR) is 119 cm³/mol. The Morgan fingerprint density at radius 2 is 2.00 bits per heavy atom. The van der Waals surface area contributed by atoms with Crippen molar-refractivity contribution in [2.45, 2.75) is 44.8 Å². The van der Waals surface area contributed by atoms with Crippen LogP contribution in [0.4, 0.5) is 5.82 Å². The smallest absolute Gasteiger partial charge is 0.161 e. The molecule has 164 valence electrons. The highest BCUT2D eigenvalue weighted by Gasteiger charge is 2.21. The Labute approximate surface area is 179 Å². The molecule has 2 aromatic rings. The van der Waals surface area contributed by atoms with Crippen LogP contribution in [0, 0.1) is 0 Å². The zero-order valence-electron chi connectivity index (χ0n) is 18.5. The van der Waals surface area contributed by atoms with Crippen molar-refractivity contribution in [1.82, 2.24) is 15.3 Å². The van der Waals surface area contributed by atoms with Crippen LogP contribution < -0.4 is 15.0 Å². The molecule has 1 atom stereocenters. The zero-order valence-corrected chi connectivity index (χ0v) is 18.5. The van der Waals surface area contributed by atoms with Gasteiger partial charge in [-0.3, -0.25) is 0 Å². The number of nitrogens with zero attached hydrogens (tertiary/aromatic N) is 3. The van der Waals surface area contributed by atoms with Crippen molar-refractivity contribution in [3.8, 4) is 17.1 Å². The van der Waals surface area contributed by atoms with E-state index in [2.05, 4.69) is 37.2 Å². The average Bonchev–Trinajstić information content (AvgIpc) is 2.78. The van der Waals surface area contributed by atoms with Gasteiger partial charge in [-0.1, -0.05) is 26.0 Å². The average molecular weight is 415 g/mol. The maximum absolute atomic E-state index is 9.89. The molecule has 1 fully saturated rings. The summed E-state index contributed by atoms with van der Waals surface area (Å²) in [5.41, 5.74) is 1.92. The van der Waals surface area contributed by atoms with Gasteiger partial charge in [-0.2, -0.15) is 0 Å². The van der Waals surface area contributed by atoms with E-state index >= 15 is 0 Å². The van der Waals surface area contributed by atoms with Crippen molar-refractivity contribution in [3.63, 3.8) is 0 Å². The van der Waals surface area contributed by atoms with E-state index in [0.717, 1.165) is 43.1 Å². The van der Waals surface area contributed by atoms with Gasteiger partial charge >= 0.3 is 0 Å². The number of aromatic nitrogens is 2. The standard InChI is InChI=1S/C23H34N4O3/c1-16(2)21-13-22(27(4)18-8-10-29-11-9-18)26-23(25-21)17-6-5-7-20(12-17)30-15-19(28)14-24-3/h5-7,12-13,16,18-19,24,28H,8-11,14-15H2,1-4H3. The van der Waals surface area contributed by atoms with Gasteiger partial charge in [0.1, 0.15) is 24.3 Å². The van der Waals surface area contributed by atoms with E-state index in [1.54, 1.807) is 7.05 Å². The molecule has 2 N–H and O–H groups in total. The lowest BCUT2D eigenvalue weighted by Crippen LogP contribution is -2.37. The van der Waals surface area contributed by atoms with Gasteiger partial charge in [-0.05, 0) is 37.9 Å². The Kier molecular flexibility index (Phi) is 8.01. The maximum atomic E-state index is 9.89. The summed E-state index contributed by atoms with van der Waals surface area (Å²) < 4.78 is 11.3. The minimum Gasteiger partial charge on any atom is -0.491 e. The Morgan fingerprint density at radius 3 is 2.70 bits per heavy atom. The predicted octanol–water partition coefficient (Wildman–Crippen LogP) is 2.84. The van der Waals surface area contributed by atoms with Crippen molar-refractivity contribution in [2.75, 3.05) is 45.4 Å². The SMILES string of the molecule is CNCC(O)COc1cccc(-c2nc(C(C)C)cc(N(C)C3CCOCC3)n2)c1. The van der Waals surface area contributed by atoms with Crippen molar-refractivity contribution in [2.24, 2.45) is 0 Å². The quantitative estimate of drug-likeness (QED) is 0.653. The third kappa shape index (κ3) is 5.90. The van der Waals surface area contributed by atoms with E-state index in [-0.39, 0.29) is 6.61 Å². The van der Waals surface area contributed by atoms with E-state index in [1.165, 1.54) is 0 Å². The highest BCUT2D eigenvalue weighted by Crippen LogP contribution is 2.28. The molecule has 1 aromatic heterocycles. The van der Waals surface area contributed by atoms with Crippen LogP contribution in [0.2, 0.25) is 0 Å². The highest BCUT2D eigenvalue weighted by atomic mass is 16.5. The third-order valence-electron chi connectivity index (χ3n) is 5.40. The fraction of sp³-hybridized carbons (Fsp3) is 0.565. The van der Waals surface area contributed by atoms with Crippen LogP contribution in [-0.4, -0.2) is 67.7 Å². The van der Waals surface area contributed by atoms with Gasteiger partial charge < -0.3 is 24.8 Å². The van der Waals surface area contributed by atoms with Gasteiger partial charge in [0.15, 0.2) is 5.82 Å². The van der Waals surface area contributed by atoms with Crippen molar-refractivity contribution >= 4 is 5.82 Å². The Balaban J connectivity index is 1.85. The first-order valence-corrected chi connectivity index (χ1v) is 10.7. The monoisotopic (exact) mass is 414 g/mol. The van der Waals surface area contributed by atoms with Crippen LogP contribution in [-0.2, 0) is 4.74 Å². The van der Waals surface area contributed by atoms with Crippen LogP contribution in [0.5, 0.6) is 5.75 Å². The molecule has 0 radical (unpaired) electrons. The van der Waals surface area contributed by atoms with Crippen LogP contribution >= 0.6 is 0 Å². The van der Waals surface area contributed by atoms with Gasteiger partial charge in [0.25, 0.3) is 0 Å². The molecule has 3 rings (SSSR count). The number of nitrogens with one attached hydrogen (secondary N) is 1. The molecule has 0 saturated carbocycles. The van der Waals surface area contributed by atoms with Gasteiger partial charge in [0.05, 0.1) is 0 Å². The number of hydrogen-bond acceptors (Lipinski definition) is 7. The summed E-state index contributed by atoms with van der Waals surface area (Å²) >= 11 is 0. The van der Waals surface area contributed by atoms with Gasteiger partial charge in [-0.25, -0.2) is 9.97 Å². The van der Waals surface area contributed by atoms with Crippen molar-refractivity contribution in [3.05, 3.63) is 36.0 Å². The Morgan fingerprint density at radius 1 is 1.23 bits per heavy atom. The van der Waals surface area contributed by atoms with E-state index in [1.807, 2.05) is 24.3 Å². The lowest BCUT2D eigenvalue weighted by molar-refractivity contribution is 0.0853.